The van der Waals surface area contributed by atoms with Gasteiger partial charge in [0.15, 0.2) is 0 Å². The third-order valence-electron chi connectivity index (χ3n) is 3.15. The summed E-state index contributed by atoms with van der Waals surface area (Å²) < 4.78 is 1.65. The van der Waals surface area contributed by atoms with Crippen molar-refractivity contribution < 1.29 is 9.90 Å². The molecule has 1 unspecified atom stereocenters. The number of amides is 1. The second-order valence-electron chi connectivity index (χ2n) is 4.17. The summed E-state index contributed by atoms with van der Waals surface area (Å²) in [5.74, 6) is 0.0419. The molecule has 1 aromatic rings. The molecule has 0 radical (unpaired) electrons. The standard InChI is InChI=1S/C11H17N3O2/c1-9(14-7-3-5-12-14)11(16)13-6-2-4-10(13)8-15/h3,5,7,9-10,15H,2,4,6,8H2,1H3/t9?,10-/m1/s1. The van der Waals surface area contributed by atoms with Crippen molar-refractivity contribution in [3.8, 4) is 0 Å². The molecule has 1 aromatic heterocycles. The van der Waals surface area contributed by atoms with Crippen LogP contribution in [0.4, 0.5) is 0 Å². The third kappa shape index (κ3) is 1.95. The van der Waals surface area contributed by atoms with Crippen LogP contribution in [0.2, 0.25) is 0 Å². The lowest BCUT2D eigenvalue weighted by Gasteiger charge is -2.26. The van der Waals surface area contributed by atoms with Gasteiger partial charge in [0.05, 0.1) is 12.6 Å². The minimum Gasteiger partial charge on any atom is -0.394 e. The van der Waals surface area contributed by atoms with E-state index in [2.05, 4.69) is 5.10 Å². The minimum atomic E-state index is -0.290. The molecular weight excluding hydrogens is 206 g/mol. The lowest BCUT2D eigenvalue weighted by molar-refractivity contribution is -0.136. The van der Waals surface area contributed by atoms with Crippen molar-refractivity contribution in [3.63, 3.8) is 0 Å². The summed E-state index contributed by atoms with van der Waals surface area (Å²) in [5, 5.41) is 13.2. The van der Waals surface area contributed by atoms with Crippen molar-refractivity contribution in [2.24, 2.45) is 0 Å². The van der Waals surface area contributed by atoms with E-state index in [-0.39, 0.29) is 24.6 Å². The van der Waals surface area contributed by atoms with Gasteiger partial charge in [-0.1, -0.05) is 0 Å². The molecule has 0 saturated carbocycles. The smallest absolute Gasteiger partial charge is 0.247 e. The molecule has 1 aliphatic heterocycles. The zero-order valence-electron chi connectivity index (χ0n) is 9.41. The molecule has 2 heterocycles. The van der Waals surface area contributed by atoms with E-state index in [0.29, 0.717) is 0 Å². The molecule has 0 bridgehead atoms. The molecule has 1 fully saturated rings. The average Bonchev–Trinajstić information content (AvgIpc) is 2.97. The van der Waals surface area contributed by atoms with E-state index in [9.17, 15) is 9.90 Å². The Balaban J connectivity index is 2.07. The predicted molar refractivity (Wildman–Crippen MR) is 58.8 cm³/mol. The Morgan fingerprint density at radius 2 is 2.50 bits per heavy atom. The van der Waals surface area contributed by atoms with Crippen LogP contribution in [-0.4, -0.2) is 44.9 Å². The zero-order chi connectivity index (χ0) is 11.5. The first-order chi connectivity index (χ1) is 7.74. The topological polar surface area (TPSA) is 58.4 Å². The molecule has 5 heteroatoms. The van der Waals surface area contributed by atoms with E-state index in [1.54, 1.807) is 28.0 Å². The highest BCUT2D eigenvalue weighted by Crippen LogP contribution is 2.20. The van der Waals surface area contributed by atoms with Crippen LogP contribution in [0.25, 0.3) is 0 Å². The largest absolute Gasteiger partial charge is 0.394 e. The van der Waals surface area contributed by atoms with Crippen LogP contribution < -0.4 is 0 Å². The second-order valence-corrected chi connectivity index (χ2v) is 4.17. The highest BCUT2D eigenvalue weighted by Gasteiger charge is 2.31. The molecule has 16 heavy (non-hydrogen) atoms. The quantitative estimate of drug-likeness (QED) is 0.808. The zero-order valence-corrected chi connectivity index (χ0v) is 9.41. The first kappa shape index (κ1) is 11.1. The fourth-order valence-corrected chi connectivity index (χ4v) is 2.18. The Morgan fingerprint density at radius 1 is 1.69 bits per heavy atom. The number of hydrogen-bond donors (Lipinski definition) is 1. The first-order valence-electron chi connectivity index (χ1n) is 5.64. The molecule has 5 nitrogen and oxygen atoms in total. The Morgan fingerprint density at radius 3 is 3.12 bits per heavy atom. The van der Waals surface area contributed by atoms with Crippen LogP contribution in [0.1, 0.15) is 25.8 Å². The summed E-state index contributed by atoms with van der Waals surface area (Å²) in [6, 6.07) is 1.50. The van der Waals surface area contributed by atoms with Crippen molar-refractivity contribution in [2.75, 3.05) is 13.2 Å². The third-order valence-corrected chi connectivity index (χ3v) is 3.15. The molecular formula is C11H17N3O2. The maximum Gasteiger partial charge on any atom is 0.247 e. The first-order valence-corrected chi connectivity index (χ1v) is 5.64. The van der Waals surface area contributed by atoms with Crippen LogP contribution in [0.5, 0.6) is 0 Å². The average molecular weight is 223 g/mol. The van der Waals surface area contributed by atoms with Crippen LogP contribution in [0, 0.1) is 0 Å². The molecule has 1 saturated heterocycles. The summed E-state index contributed by atoms with van der Waals surface area (Å²) in [5.41, 5.74) is 0. The van der Waals surface area contributed by atoms with E-state index in [1.165, 1.54) is 0 Å². The number of rotatable bonds is 3. The molecule has 1 amide bonds. The fourth-order valence-electron chi connectivity index (χ4n) is 2.18. The Bertz CT molecular complexity index is 350. The molecule has 2 rings (SSSR count). The van der Waals surface area contributed by atoms with Crippen molar-refractivity contribution >= 4 is 5.91 Å². The Kier molecular flexibility index (Phi) is 3.24. The van der Waals surface area contributed by atoms with Gasteiger partial charge in [0.1, 0.15) is 6.04 Å². The summed E-state index contributed by atoms with van der Waals surface area (Å²) in [6.07, 6.45) is 5.32. The maximum atomic E-state index is 12.2. The Hall–Kier alpha value is -1.36. The van der Waals surface area contributed by atoms with Crippen molar-refractivity contribution in [3.05, 3.63) is 18.5 Å². The van der Waals surface area contributed by atoms with Gasteiger partial charge in [-0.3, -0.25) is 9.48 Å². The highest BCUT2D eigenvalue weighted by atomic mass is 16.3. The number of aliphatic hydroxyl groups excluding tert-OH is 1. The van der Waals surface area contributed by atoms with Gasteiger partial charge >= 0.3 is 0 Å². The van der Waals surface area contributed by atoms with E-state index in [1.807, 2.05) is 6.92 Å². The van der Waals surface area contributed by atoms with E-state index >= 15 is 0 Å². The molecule has 0 aliphatic carbocycles. The molecule has 88 valence electrons. The van der Waals surface area contributed by atoms with E-state index in [0.717, 1.165) is 19.4 Å². The number of nitrogens with zero attached hydrogens (tertiary/aromatic N) is 3. The van der Waals surface area contributed by atoms with Crippen LogP contribution in [0.15, 0.2) is 18.5 Å². The normalized spacial score (nSPS) is 22.4. The van der Waals surface area contributed by atoms with E-state index in [4.69, 9.17) is 0 Å². The summed E-state index contributed by atoms with van der Waals surface area (Å²) in [4.78, 5) is 13.9. The Labute approximate surface area is 94.7 Å². The molecule has 1 N–H and O–H groups in total. The maximum absolute atomic E-state index is 12.2. The van der Waals surface area contributed by atoms with Gasteiger partial charge in [-0.05, 0) is 25.8 Å². The SMILES string of the molecule is CC(C(=O)N1CCC[C@@H]1CO)n1cccn1. The molecule has 0 spiro atoms. The van der Waals surface area contributed by atoms with E-state index < -0.39 is 0 Å². The van der Waals surface area contributed by atoms with Crippen LogP contribution in [0.3, 0.4) is 0 Å². The monoisotopic (exact) mass is 223 g/mol. The van der Waals surface area contributed by atoms with Crippen LogP contribution in [-0.2, 0) is 4.79 Å². The van der Waals surface area contributed by atoms with Gasteiger partial charge in [0.2, 0.25) is 5.91 Å². The van der Waals surface area contributed by atoms with Crippen molar-refractivity contribution in [1.82, 2.24) is 14.7 Å². The predicted octanol–water partition coefficient (Wildman–Crippen LogP) is 0.427. The fraction of sp³-hybridized carbons (Fsp3) is 0.636. The van der Waals surface area contributed by atoms with Gasteiger partial charge in [-0.25, -0.2) is 0 Å². The number of carbonyl (C=O) groups is 1. The summed E-state index contributed by atoms with van der Waals surface area (Å²) >= 11 is 0. The van der Waals surface area contributed by atoms with Gasteiger partial charge < -0.3 is 10.0 Å². The van der Waals surface area contributed by atoms with Crippen molar-refractivity contribution in [2.45, 2.75) is 31.8 Å². The summed E-state index contributed by atoms with van der Waals surface area (Å²) in [6.45, 7) is 2.63. The number of hydrogen-bond acceptors (Lipinski definition) is 3. The molecule has 0 aromatic carbocycles. The minimum absolute atomic E-state index is 0.00878. The number of aliphatic hydroxyl groups is 1. The van der Waals surface area contributed by atoms with Gasteiger partial charge in [-0.2, -0.15) is 5.10 Å². The lowest BCUT2D eigenvalue weighted by atomic mass is 10.2. The second kappa shape index (κ2) is 4.65. The lowest BCUT2D eigenvalue weighted by Crippen LogP contribution is -2.41. The van der Waals surface area contributed by atoms with Gasteiger partial charge in [-0.15, -0.1) is 0 Å². The number of aromatic nitrogens is 2. The molecule has 1 aliphatic rings. The number of likely N-dealkylation sites (tertiary alicyclic amines) is 1. The highest BCUT2D eigenvalue weighted by molar-refractivity contribution is 5.80. The van der Waals surface area contributed by atoms with Gasteiger partial charge in [0, 0.05) is 18.9 Å². The van der Waals surface area contributed by atoms with Gasteiger partial charge in [0.25, 0.3) is 0 Å². The summed E-state index contributed by atoms with van der Waals surface area (Å²) in [7, 11) is 0. The van der Waals surface area contributed by atoms with Crippen LogP contribution >= 0.6 is 0 Å². The van der Waals surface area contributed by atoms with Crippen molar-refractivity contribution in [1.29, 1.82) is 0 Å². The number of carbonyl (C=O) groups excluding carboxylic acids is 1. The molecule has 2 atom stereocenters.